The first kappa shape index (κ1) is 16.7. The minimum Gasteiger partial charge on any atom is -0.378 e. The molecule has 1 atom stereocenters. The lowest BCUT2D eigenvalue weighted by atomic mass is 10.0. The van der Waals surface area contributed by atoms with E-state index in [0.717, 1.165) is 45.7 Å². The number of amides is 1. The van der Waals surface area contributed by atoms with E-state index in [1.807, 2.05) is 4.90 Å². The van der Waals surface area contributed by atoms with Crippen LogP contribution in [-0.2, 0) is 9.53 Å². The number of carbonyl (C=O) groups excluding carboxylic acids is 1. The molecule has 2 fully saturated rings. The van der Waals surface area contributed by atoms with Crippen LogP contribution in [0.25, 0.3) is 0 Å². The molecule has 0 spiro atoms. The van der Waals surface area contributed by atoms with Crippen LogP contribution >= 0.6 is 0 Å². The molecule has 0 radical (unpaired) electrons. The number of nitrogens with one attached hydrogen (secondary N) is 1. The topological polar surface area (TPSA) is 44.8 Å². The molecule has 0 aromatic rings. The van der Waals surface area contributed by atoms with Crippen molar-refractivity contribution in [2.45, 2.75) is 45.1 Å². The summed E-state index contributed by atoms with van der Waals surface area (Å²) in [5.41, 5.74) is 0. The molecule has 2 saturated heterocycles. The standard InChI is InChI=1S/C16H31N3O2/c1-2-18(14-15-6-3-4-8-17-15)9-5-7-16(20)19-10-12-21-13-11-19/h15,17H,2-14H2,1H3. The van der Waals surface area contributed by atoms with Gasteiger partial charge in [-0.25, -0.2) is 0 Å². The SMILES string of the molecule is CCN(CCCC(=O)N1CCOCC1)CC1CCCCN1. The number of ether oxygens (including phenoxy) is 1. The molecule has 2 aliphatic heterocycles. The van der Waals surface area contributed by atoms with Crippen molar-refractivity contribution in [3.8, 4) is 0 Å². The van der Waals surface area contributed by atoms with E-state index < -0.39 is 0 Å². The first-order chi connectivity index (χ1) is 10.3. The summed E-state index contributed by atoms with van der Waals surface area (Å²) in [4.78, 5) is 16.5. The molecule has 1 amide bonds. The lowest BCUT2D eigenvalue weighted by Crippen LogP contribution is -2.44. The van der Waals surface area contributed by atoms with Gasteiger partial charge >= 0.3 is 0 Å². The highest BCUT2D eigenvalue weighted by Crippen LogP contribution is 2.09. The average molecular weight is 297 g/mol. The van der Waals surface area contributed by atoms with Crippen LogP contribution in [0.15, 0.2) is 0 Å². The molecule has 5 heteroatoms. The van der Waals surface area contributed by atoms with E-state index in [1.165, 1.54) is 19.3 Å². The maximum Gasteiger partial charge on any atom is 0.222 e. The van der Waals surface area contributed by atoms with Gasteiger partial charge in [-0.2, -0.15) is 0 Å². The molecule has 0 aromatic carbocycles. The van der Waals surface area contributed by atoms with E-state index in [9.17, 15) is 4.79 Å². The monoisotopic (exact) mass is 297 g/mol. The first-order valence-electron chi connectivity index (χ1n) is 8.61. The van der Waals surface area contributed by atoms with E-state index >= 15 is 0 Å². The van der Waals surface area contributed by atoms with Crippen LogP contribution in [0.2, 0.25) is 0 Å². The number of rotatable bonds is 7. The van der Waals surface area contributed by atoms with Crippen LogP contribution in [0.1, 0.15) is 39.0 Å². The molecule has 0 aromatic heterocycles. The van der Waals surface area contributed by atoms with Gasteiger partial charge in [-0.05, 0) is 38.9 Å². The minimum absolute atomic E-state index is 0.296. The quantitative estimate of drug-likeness (QED) is 0.764. The first-order valence-corrected chi connectivity index (χ1v) is 8.61. The summed E-state index contributed by atoms with van der Waals surface area (Å²) < 4.78 is 5.29. The molecule has 5 nitrogen and oxygen atoms in total. The fraction of sp³-hybridized carbons (Fsp3) is 0.938. The van der Waals surface area contributed by atoms with Gasteiger partial charge in [-0.1, -0.05) is 13.3 Å². The van der Waals surface area contributed by atoms with E-state index in [2.05, 4.69) is 17.1 Å². The van der Waals surface area contributed by atoms with Gasteiger partial charge in [-0.15, -0.1) is 0 Å². The van der Waals surface area contributed by atoms with Crippen molar-refractivity contribution in [1.29, 1.82) is 0 Å². The zero-order valence-corrected chi connectivity index (χ0v) is 13.5. The summed E-state index contributed by atoms with van der Waals surface area (Å²) in [5, 5.41) is 3.60. The smallest absolute Gasteiger partial charge is 0.222 e. The van der Waals surface area contributed by atoms with E-state index in [4.69, 9.17) is 4.74 Å². The van der Waals surface area contributed by atoms with Gasteiger partial charge in [0.2, 0.25) is 5.91 Å². The highest BCUT2D eigenvalue weighted by Gasteiger charge is 2.18. The van der Waals surface area contributed by atoms with Gasteiger partial charge in [0.1, 0.15) is 0 Å². The summed E-state index contributed by atoms with van der Waals surface area (Å²) in [6.07, 6.45) is 5.61. The molecule has 1 N–H and O–H groups in total. The van der Waals surface area contributed by atoms with Gasteiger partial charge in [0.15, 0.2) is 0 Å². The molecule has 2 aliphatic rings. The van der Waals surface area contributed by atoms with Gasteiger partial charge < -0.3 is 19.9 Å². The van der Waals surface area contributed by atoms with Crippen molar-refractivity contribution < 1.29 is 9.53 Å². The predicted octanol–water partition coefficient (Wildman–Crippen LogP) is 1.09. The third-order valence-electron chi connectivity index (χ3n) is 4.57. The molecule has 0 aliphatic carbocycles. The van der Waals surface area contributed by atoms with Crippen LogP contribution in [0.5, 0.6) is 0 Å². The summed E-state index contributed by atoms with van der Waals surface area (Å²) in [6, 6.07) is 0.647. The number of hydrogen-bond acceptors (Lipinski definition) is 4. The van der Waals surface area contributed by atoms with Crippen LogP contribution in [-0.4, -0.2) is 74.2 Å². The summed E-state index contributed by atoms with van der Waals surface area (Å²) in [5.74, 6) is 0.296. The minimum atomic E-state index is 0.296. The van der Waals surface area contributed by atoms with Crippen molar-refractivity contribution >= 4 is 5.91 Å². The lowest BCUT2D eigenvalue weighted by molar-refractivity contribution is -0.135. The zero-order valence-electron chi connectivity index (χ0n) is 13.5. The largest absolute Gasteiger partial charge is 0.378 e. The maximum atomic E-state index is 12.1. The number of likely N-dealkylation sites (N-methyl/N-ethyl adjacent to an activating group) is 1. The number of carbonyl (C=O) groups is 1. The van der Waals surface area contributed by atoms with Crippen LogP contribution in [0.3, 0.4) is 0 Å². The van der Waals surface area contributed by atoms with E-state index in [0.29, 0.717) is 31.6 Å². The predicted molar refractivity (Wildman–Crippen MR) is 84.4 cm³/mol. The Morgan fingerprint density at radius 1 is 1.33 bits per heavy atom. The normalized spacial score (nSPS) is 23.5. The molecular formula is C16H31N3O2. The third kappa shape index (κ3) is 5.93. The maximum absolute atomic E-state index is 12.1. The molecule has 0 saturated carbocycles. The molecule has 1 unspecified atom stereocenters. The van der Waals surface area contributed by atoms with E-state index in [-0.39, 0.29) is 0 Å². The fourth-order valence-electron chi connectivity index (χ4n) is 3.19. The van der Waals surface area contributed by atoms with Crippen molar-refractivity contribution in [3.63, 3.8) is 0 Å². The van der Waals surface area contributed by atoms with Crippen LogP contribution in [0.4, 0.5) is 0 Å². The van der Waals surface area contributed by atoms with Crippen molar-refractivity contribution in [1.82, 2.24) is 15.1 Å². The zero-order chi connectivity index (χ0) is 14.9. The third-order valence-corrected chi connectivity index (χ3v) is 4.57. The number of piperidine rings is 1. The Bertz CT molecular complexity index is 300. The molecule has 21 heavy (non-hydrogen) atoms. The Morgan fingerprint density at radius 2 is 2.14 bits per heavy atom. The number of hydrogen-bond donors (Lipinski definition) is 1. The fourth-order valence-corrected chi connectivity index (χ4v) is 3.19. The second-order valence-electron chi connectivity index (χ2n) is 6.14. The molecule has 122 valence electrons. The second kappa shape index (κ2) is 9.38. The summed E-state index contributed by atoms with van der Waals surface area (Å²) in [6.45, 7) is 9.53. The van der Waals surface area contributed by atoms with E-state index in [1.54, 1.807) is 0 Å². The Hall–Kier alpha value is -0.650. The summed E-state index contributed by atoms with van der Waals surface area (Å²) in [7, 11) is 0. The molecule has 0 bridgehead atoms. The van der Waals surface area contributed by atoms with Crippen LogP contribution < -0.4 is 5.32 Å². The Balaban J connectivity index is 1.61. The van der Waals surface area contributed by atoms with Gasteiger partial charge in [0.05, 0.1) is 13.2 Å². The molecular weight excluding hydrogens is 266 g/mol. The Kier molecular flexibility index (Phi) is 7.47. The van der Waals surface area contributed by atoms with Crippen molar-refractivity contribution in [2.24, 2.45) is 0 Å². The average Bonchev–Trinajstić information content (AvgIpc) is 2.55. The molecule has 2 heterocycles. The van der Waals surface area contributed by atoms with Gasteiger partial charge in [0, 0.05) is 32.1 Å². The highest BCUT2D eigenvalue weighted by atomic mass is 16.5. The van der Waals surface area contributed by atoms with Crippen LogP contribution in [0, 0.1) is 0 Å². The van der Waals surface area contributed by atoms with Gasteiger partial charge in [0.25, 0.3) is 0 Å². The number of morpholine rings is 1. The molecule has 2 rings (SSSR count). The van der Waals surface area contributed by atoms with Crippen molar-refractivity contribution in [2.75, 3.05) is 52.5 Å². The Labute approximate surface area is 129 Å². The summed E-state index contributed by atoms with van der Waals surface area (Å²) >= 11 is 0. The number of nitrogens with zero attached hydrogens (tertiary/aromatic N) is 2. The van der Waals surface area contributed by atoms with Gasteiger partial charge in [-0.3, -0.25) is 4.79 Å². The Morgan fingerprint density at radius 3 is 2.81 bits per heavy atom. The lowest BCUT2D eigenvalue weighted by Gasteiger charge is -2.30. The second-order valence-corrected chi connectivity index (χ2v) is 6.14. The van der Waals surface area contributed by atoms with Crippen molar-refractivity contribution in [3.05, 3.63) is 0 Å². The highest BCUT2D eigenvalue weighted by molar-refractivity contribution is 5.76.